The second-order valence-corrected chi connectivity index (χ2v) is 4.56. The van der Waals surface area contributed by atoms with Gasteiger partial charge in [0, 0.05) is 28.4 Å². The monoisotopic (exact) mass is 350 g/mol. The number of hydrogen-bond donors (Lipinski definition) is 1. The Morgan fingerprint density at radius 3 is 2.75 bits per heavy atom. The van der Waals surface area contributed by atoms with Gasteiger partial charge in [0.1, 0.15) is 0 Å². The summed E-state index contributed by atoms with van der Waals surface area (Å²) in [5.41, 5.74) is 0.345. The molecule has 0 spiro atoms. The van der Waals surface area contributed by atoms with Crippen LogP contribution in [0.5, 0.6) is 0 Å². The first kappa shape index (κ1) is 13.1. The van der Waals surface area contributed by atoms with Crippen molar-refractivity contribution in [3.05, 3.63) is 32.8 Å². The molecule has 1 aromatic carbocycles. The van der Waals surface area contributed by atoms with Crippen LogP contribution in [0.1, 0.15) is 6.42 Å². The van der Waals surface area contributed by atoms with Gasteiger partial charge in [0.2, 0.25) is 5.91 Å². The van der Waals surface area contributed by atoms with Crippen molar-refractivity contribution < 1.29 is 9.72 Å². The van der Waals surface area contributed by atoms with E-state index >= 15 is 0 Å². The number of nitrogens with zero attached hydrogens (tertiary/aromatic N) is 1. The van der Waals surface area contributed by atoms with Crippen LogP contribution in [0.25, 0.3) is 0 Å². The fourth-order valence-corrected chi connectivity index (χ4v) is 1.73. The minimum absolute atomic E-state index is 0.0580. The lowest BCUT2D eigenvalue weighted by molar-refractivity contribution is -0.384. The van der Waals surface area contributed by atoms with E-state index in [1.165, 1.54) is 18.2 Å². The van der Waals surface area contributed by atoms with Crippen molar-refractivity contribution in [1.29, 1.82) is 0 Å². The number of amides is 1. The van der Waals surface area contributed by atoms with Crippen LogP contribution in [0.15, 0.2) is 22.7 Å². The zero-order valence-electron chi connectivity index (χ0n) is 8.07. The van der Waals surface area contributed by atoms with Crippen molar-refractivity contribution in [2.45, 2.75) is 6.42 Å². The zero-order chi connectivity index (χ0) is 12.1. The number of carbonyl (C=O) groups excluding carboxylic acids is 1. The molecule has 0 radical (unpaired) electrons. The summed E-state index contributed by atoms with van der Waals surface area (Å²) >= 11 is 6.35. The number of halogens is 2. The molecule has 5 nitrogen and oxygen atoms in total. The predicted octanol–water partition coefficient (Wildman–Crippen LogP) is 3.08. The summed E-state index contributed by atoms with van der Waals surface area (Å²) in [7, 11) is 0. The second kappa shape index (κ2) is 5.95. The molecule has 0 saturated carbocycles. The lowest BCUT2D eigenvalue weighted by Crippen LogP contribution is -2.12. The zero-order valence-corrected chi connectivity index (χ0v) is 11.2. The van der Waals surface area contributed by atoms with Crippen LogP contribution in [-0.4, -0.2) is 16.2 Å². The highest BCUT2D eigenvalue weighted by Crippen LogP contribution is 2.27. The number of non-ortho nitro benzene ring substituents is 1. The van der Waals surface area contributed by atoms with Crippen molar-refractivity contribution in [3.8, 4) is 0 Å². The first-order valence-corrected chi connectivity index (χ1v) is 6.26. The van der Waals surface area contributed by atoms with Gasteiger partial charge in [-0.15, -0.1) is 0 Å². The summed E-state index contributed by atoms with van der Waals surface area (Å²) < 4.78 is 0.612. The van der Waals surface area contributed by atoms with E-state index < -0.39 is 4.92 Å². The smallest absolute Gasteiger partial charge is 0.271 e. The molecular weight excluding hydrogens is 344 g/mol. The van der Waals surface area contributed by atoms with Gasteiger partial charge in [0.15, 0.2) is 0 Å². The van der Waals surface area contributed by atoms with E-state index in [1.807, 2.05) is 0 Å². The fourth-order valence-electron chi connectivity index (χ4n) is 1.02. The Labute approximate surface area is 109 Å². The maximum atomic E-state index is 11.3. The van der Waals surface area contributed by atoms with E-state index in [9.17, 15) is 14.9 Å². The number of benzene rings is 1. The molecular formula is C9H8Br2N2O3. The topological polar surface area (TPSA) is 72.2 Å². The summed E-state index contributed by atoms with van der Waals surface area (Å²) in [5, 5.41) is 13.7. The van der Waals surface area contributed by atoms with Crippen LogP contribution in [0.4, 0.5) is 11.4 Å². The number of carbonyl (C=O) groups is 1. The van der Waals surface area contributed by atoms with E-state index in [-0.39, 0.29) is 11.6 Å². The van der Waals surface area contributed by atoms with E-state index in [1.54, 1.807) is 0 Å². The molecule has 16 heavy (non-hydrogen) atoms. The molecule has 0 aliphatic heterocycles. The SMILES string of the molecule is O=C(CCBr)Nc1cc([N+](=O)[O-])ccc1Br. The summed E-state index contributed by atoms with van der Waals surface area (Å²) in [6.07, 6.45) is 0.315. The highest BCUT2D eigenvalue weighted by atomic mass is 79.9. The molecule has 0 saturated heterocycles. The lowest BCUT2D eigenvalue weighted by Gasteiger charge is -2.06. The van der Waals surface area contributed by atoms with Crippen molar-refractivity contribution in [3.63, 3.8) is 0 Å². The lowest BCUT2D eigenvalue weighted by atomic mass is 10.2. The van der Waals surface area contributed by atoms with E-state index in [2.05, 4.69) is 37.2 Å². The third kappa shape index (κ3) is 3.57. The average molecular weight is 352 g/mol. The number of anilines is 1. The van der Waals surface area contributed by atoms with Crippen molar-refractivity contribution in [2.24, 2.45) is 0 Å². The Morgan fingerprint density at radius 1 is 1.50 bits per heavy atom. The molecule has 0 heterocycles. The Hall–Kier alpha value is -0.950. The van der Waals surface area contributed by atoms with Gasteiger partial charge in [0.25, 0.3) is 5.69 Å². The molecule has 7 heteroatoms. The highest BCUT2D eigenvalue weighted by Gasteiger charge is 2.11. The molecule has 1 aromatic rings. The molecule has 0 fully saturated rings. The minimum atomic E-state index is -0.507. The quantitative estimate of drug-likeness (QED) is 0.514. The van der Waals surface area contributed by atoms with E-state index in [4.69, 9.17) is 0 Å². The first-order chi connectivity index (χ1) is 7.54. The van der Waals surface area contributed by atoms with Gasteiger partial charge in [-0.3, -0.25) is 14.9 Å². The van der Waals surface area contributed by atoms with E-state index in [0.29, 0.717) is 21.9 Å². The molecule has 0 unspecified atom stereocenters. The molecule has 0 aliphatic rings. The molecule has 1 rings (SSSR count). The standard InChI is InChI=1S/C9H8Br2N2O3/c10-4-3-9(14)12-8-5-6(13(15)16)1-2-7(8)11/h1-2,5H,3-4H2,(H,12,14). The van der Waals surface area contributed by atoms with Crippen molar-refractivity contribution >= 4 is 49.1 Å². The van der Waals surface area contributed by atoms with Crippen LogP contribution in [0.3, 0.4) is 0 Å². The van der Waals surface area contributed by atoms with Gasteiger partial charge in [0.05, 0.1) is 10.6 Å². The summed E-state index contributed by atoms with van der Waals surface area (Å²) in [6, 6.07) is 4.21. The third-order valence-electron chi connectivity index (χ3n) is 1.76. The van der Waals surface area contributed by atoms with Crippen LogP contribution < -0.4 is 5.32 Å². The fraction of sp³-hybridized carbons (Fsp3) is 0.222. The summed E-state index contributed by atoms with van der Waals surface area (Å²) in [4.78, 5) is 21.4. The van der Waals surface area contributed by atoms with Crippen LogP contribution >= 0.6 is 31.9 Å². The number of alkyl halides is 1. The molecule has 0 atom stereocenters. The maximum Gasteiger partial charge on any atom is 0.271 e. The van der Waals surface area contributed by atoms with Gasteiger partial charge in [-0.1, -0.05) is 15.9 Å². The highest BCUT2D eigenvalue weighted by molar-refractivity contribution is 9.10. The Bertz CT molecular complexity index is 423. The molecule has 1 N–H and O–H groups in total. The van der Waals surface area contributed by atoms with Crippen LogP contribution in [-0.2, 0) is 4.79 Å². The molecule has 1 amide bonds. The number of rotatable bonds is 4. The summed E-state index contributed by atoms with van der Waals surface area (Å²) in [6.45, 7) is 0. The predicted molar refractivity (Wildman–Crippen MR) is 67.8 cm³/mol. The number of hydrogen-bond acceptors (Lipinski definition) is 3. The number of nitro groups is 1. The normalized spacial score (nSPS) is 9.88. The number of nitrogens with one attached hydrogen (secondary N) is 1. The van der Waals surface area contributed by atoms with Gasteiger partial charge in [-0.25, -0.2) is 0 Å². The summed E-state index contributed by atoms with van der Waals surface area (Å²) in [5.74, 6) is -0.196. The Morgan fingerprint density at radius 2 is 2.19 bits per heavy atom. The molecule has 0 bridgehead atoms. The van der Waals surface area contributed by atoms with Crippen LogP contribution in [0, 0.1) is 10.1 Å². The van der Waals surface area contributed by atoms with Crippen LogP contribution in [0.2, 0.25) is 0 Å². The minimum Gasteiger partial charge on any atom is -0.325 e. The van der Waals surface area contributed by atoms with Crippen molar-refractivity contribution in [1.82, 2.24) is 0 Å². The Kier molecular flexibility index (Phi) is 4.88. The Balaban J connectivity index is 2.90. The first-order valence-electron chi connectivity index (χ1n) is 4.34. The largest absolute Gasteiger partial charge is 0.325 e. The molecule has 0 aromatic heterocycles. The van der Waals surface area contributed by atoms with Gasteiger partial charge in [-0.2, -0.15) is 0 Å². The van der Waals surface area contributed by atoms with Crippen molar-refractivity contribution in [2.75, 3.05) is 10.6 Å². The second-order valence-electron chi connectivity index (χ2n) is 2.91. The number of nitro benzene ring substituents is 1. The van der Waals surface area contributed by atoms with E-state index in [0.717, 1.165) is 0 Å². The van der Waals surface area contributed by atoms with Gasteiger partial charge < -0.3 is 5.32 Å². The van der Waals surface area contributed by atoms with Gasteiger partial charge in [-0.05, 0) is 22.0 Å². The maximum absolute atomic E-state index is 11.3. The molecule has 86 valence electrons. The van der Waals surface area contributed by atoms with Gasteiger partial charge >= 0.3 is 0 Å². The average Bonchev–Trinajstić information content (AvgIpc) is 2.21. The molecule has 0 aliphatic carbocycles. The third-order valence-corrected chi connectivity index (χ3v) is 2.84.